The van der Waals surface area contributed by atoms with Gasteiger partial charge in [0.05, 0.1) is 9.79 Å². The van der Waals surface area contributed by atoms with Gasteiger partial charge in [-0.1, -0.05) is 30.3 Å². The summed E-state index contributed by atoms with van der Waals surface area (Å²) in [6, 6.07) is 24.0. The maximum absolute atomic E-state index is 13.2. The van der Waals surface area contributed by atoms with Crippen LogP contribution in [0.3, 0.4) is 0 Å². The van der Waals surface area contributed by atoms with Gasteiger partial charge in [-0.2, -0.15) is 0 Å². The van der Waals surface area contributed by atoms with Gasteiger partial charge >= 0.3 is 0 Å². The molecule has 35 heavy (non-hydrogen) atoms. The van der Waals surface area contributed by atoms with E-state index in [0.717, 1.165) is 48.0 Å². The number of hydrogen-bond donors (Lipinski definition) is 2. The van der Waals surface area contributed by atoms with E-state index in [1.165, 1.54) is 0 Å². The molecule has 0 unspecified atom stereocenters. The lowest BCUT2D eigenvalue weighted by Crippen LogP contribution is -2.22. The molecule has 4 aromatic carbocycles. The number of phenolic OH excluding ortho intramolecular Hbond substituents is 1. The number of benzene rings is 4. The molecule has 6 nitrogen and oxygen atoms in total. The van der Waals surface area contributed by atoms with Crippen molar-refractivity contribution in [3.63, 3.8) is 0 Å². The third-order valence-electron chi connectivity index (χ3n) is 6.37. The first-order valence-electron chi connectivity index (χ1n) is 11.6. The molecule has 7 heteroatoms. The molecule has 0 aromatic heterocycles. The van der Waals surface area contributed by atoms with Crippen molar-refractivity contribution in [2.24, 2.45) is 0 Å². The predicted octanol–water partition coefficient (Wildman–Crippen LogP) is 4.91. The molecule has 0 bridgehead atoms. The standard InChI is InChI=1S/C28H26N2O4S/c31-25-11-10-21-8-9-22(16-23(21)17-25)28(32)29-19-20-6-12-26(13-7-20)35(33,34)27-5-3-4-24(18-27)30-14-1-2-15-30/h3-13,16-18,31H,1-2,14-15,19H2,(H,29,32). The summed E-state index contributed by atoms with van der Waals surface area (Å²) >= 11 is 0. The summed E-state index contributed by atoms with van der Waals surface area (Å²) in [5.74, 6) is -0.0986. The molecule has 178 valence electrons. The van der Waals surface area contributed by atoms with Gasteiger partial charge in [0.2, 0.25) is 9.84 Å². The Labute approximate surface area is 204 Å². The number of nitrogens with zero attached hydrogens (tertiary/aromatic N) is 1. The van der Waals surface area contributed by atoms with Crippen molar-refractivity contribution in [2.75, 3.05) is 18.0 Å². The zero-order valence-electron chi connectivity index (χ0n) is 19.1. The lowest BCUT2D eigenvalue weighted by Gasteiger charge is -2.18. The summed E-state index contributed by atoms with van der Waals surface area (Å²) in [5.41, 5.74) is 2.22. The molecule has 0 saturated carbocycles. The van der Waals surface area contributed by atoms with Crippen LogP contribution in [-0.4, -0.2) is 32.5 Å². The first kappa shape index (κ1) is 22.9. The quantitative estimate of drug-likeness (QED) is 0.405. The minimum absolute atomic E-state index is 0.146. The van der Waals surface area contributed by atoms with E-state index in [0.29, 0.717) is 5.56 Å². The second-order valence-corrected chi connectivity index (χ2v) is 10.7. The van der Waals surface area contributed by atoms with Crippen molar-refractivity contribution in [3.8, 4) is 5.75 Å². The fourth-order valence-corrected chi connectivity index (χ4v) is 5.71. The van der Waals surface area contributed by atoms with Crippen molar-refractivity contribution < 1.29 is 18.3 Å². The van der Waals surface area contributed by atoms with Crippen LogP contribution in [0.4, 0.5) is 5.69 Å². The fraction of sp³-hybridized carbons (Fsp3) is 0.179. The van der Waals surface area contributed by atoms with E-state index in [1.54, 1.807) is 72.8 Å². The fourth-order valence-electron chi connectivity index (χ4n) is 4.41. The third kappa shape index (κ3) is 4.86. The van der Waals surface area contributed by atoms with Gasteiger partial charge in [0, 0.05) is 30.9 Å². The average molecular weight is 487 g/mol. The molecule has 1 amide bonds. The van der Waals surface area contributed by atoms with Crippen LogP contribution in [0.1, 0.15) is 28.8 Å². The number of phenols is 1. The number of sulfone groups is 1. The summed E-state index contributed by atoms with van der Waals surface area (Å²) in [7, 11) is -3.64. The lowest BCUT2D eigenvalue weighted by molar-refractivity contribution is 0.0951. The number of carbonyl (C=O) groups excluding carboxylic acids is 1. The van der Waals surface area contributed by atoms with E-state index >= 15 is 0 Å². The Morgan fingerprint density at radius 3 is 2.34 bits per heavy atom. The molecule has 5 rings (SSSR count). The number of aromatic hydroxyl groups is 1. The van der Waals surface area contributed by atoms with Crippen LogP contribution in [-0.2, 0) is 16.4 Å². The molecular formula is C28H26N2O4S. The molecule has 1 fully saturated rings. The first-order chi connectivity index (χ1) is 16.9. The Morgan fingerprint density at radius 1 is 0.829 bits per heavy atom. The summed E-state index contributed by atoms with van der Waals surface area (Å²) < 4.78 is 26.4. The second kappa shape index (κ2) is 9.43. The van der Waals surface area contributed by atoms with Crippen molar-refractivity contribution in [2.45, 2.75) is 29.2 Å². The van der Waals surface area contributed by atoms with Crippen LogP contribution in [0.25, 0.3) is 10.8 Å². The van der Waals surface area contributed by atoms with Crippen molar-refractivity contribution >= 4 is 32.2 Å². The second-order valence-electron chi connectivity index (χ2n) is 8.77. The minimum Gasteiger partial charge on any atom is -0.508 e. The molecule has 1 heterocycles. The topological polar surface area (TPSA) is 86.7 Å². The van der Waals surface area contributed by atoms with E-state index in [4.69, 9.17) is 0 Å². The number of carbonyl (C=O) groups is 1. The van der Waals surface area contributed by atoms with Crippen molar-refractivity contribution in [1.82, 2.24) is 5.32 Å². The lowest BCUT2D eigenvalue weighted by atomic mass is 10.1. The van der Waals surface area contributed by atoms with Gasteiger partial charge in [0.15, 0.2) is 0 Å². The molecule has 2 N–H and O–H groups in total. The molecule has 1 saturated heterocycles. The van der Waals surface area contributed by atoms with E-state index in [1.807, 2.05) is 12.1 Å². The number of nitrogens with one attached hydrogen (secondary N) is 1. The van der Waals surface area contributed by atoms with Crippen LogP contribution in [0.2, 0.25) is 0 Å². The van der Waals surface area contributed by atoms with Crippen LogP contribution < -0.4 is 10.2 Å². The summed E-state index contributed by atoms with van der Waals surface area (Å²) in [6.07, 6.45) is 2.25. The van der Waals surface area contributed by atoms with Gasteiger partial charge in [0.1, 0.15) is 5.75 Å². The largest absolute Gasteiger partial charge is 0.508 e. The molecule has 4 aromatic rings. The Kier molecular flexibility index (Phi) is 6.17. The number of fused-ring (bicyclic) bond motifs is 1. The Bertz CT molecular complexity index is 1490. The molecule has 1 aliphatic rings. The molecular weight excluding hydrogens is 460 g/mol. The van der Waals surface area contributed by atoms with Crippen LogP contribution in [0, 0.1) is 0 Å². The predicted molar refractivity (Wildman–Crippen MR) is 137 cm³/mol. The van der Waals surface area contributed by atoms with Crippen LogP contribution in [0.5, 0.6) is 5.75 Å². The maximum atomic E-state index is 13.2. The Balaban J connectivity index is 1.27. The Morgan fingerprint density at radius 2 is 1.57 bits per heavy atom. The zero-order valence-corrected chi connectivity index (χ0v) is 20.0. The Hall–Kier alpha value is -3.84. The van der Waals surface area contributed by atoms with E-state index in [2.05, 4.69) is 10.2 Å². The number of amides is 1. The minimum atomic E-state index is -3.64. The summed E-state index contributed by atoms with van der Waals surface area (Å²) in [6.45, 7) is 2.17. The van der Waals surface area contributed by atoms with E-state index < -0.39 is 9.84 Å². The summed E-state index contributed by atoms with van der Waals surface area (Å²) in [5, 5.41) is 14.3. The van der Waals surface area contributed by atoms with Gasteiger partial charge in [-0.15, -0.1) is 0 Å². The third-order valence-corrected chi connectivity index (χ3v) is 8.14. The van der Waals surface area contributed by atoms with Gasteiger partial charge < -0.3 is 15.3 Å². The number of anilines is 1. The van der Waals surface area contributed by atoms with Crippen molar-refractivity contribution in [3.05, 3.63) is 96.1 Å². The van der Waals surface area contributed by atoms with Gasteiger partial charge in [0.25, 0.3) is 5.91 Å². The monoisotopic (exact) mass is 486 g/mol. The van der Waals surface area contributed by atoms with E-state index in [9.17, 15) is 18.3 Å². The van der Waals surface area contributed by atoms with Crippen LogP contribution >= 0.6 is 0 Å². The highest BCUT2D eigenvalue weighted by molar-refractivity contribution is 7.91. The number of rotatable bonds is 6. The normalized spacial score (nSPS) is 13.8. The molecule has 1 aliphatic heterocycles. The van der Waals surface area contributed by atoms with Gasteiger partial charge in [-0.3, -0.25) is 4.79 Å². The average Bonchev–Trinajstić information content (AvgIpc) is 3.42. The maximum Gasteiger partial charge on any atom is 0.251 e. The highest BCUT2D eigenvalue weighted by Gasteiger charge is 2.20. The number of hydrogen-bond acceptors (Lipinski definition) is 5. The molecule has 0 spiro atoms. The molecule has 0 atom stereocenters. The highest BCUT2D eigenvalue weighted by atomic mass is 32.2. The van der Waals surface area contributed by atoms with E-state index in [-0.39, 0.29) is 28.0 Å². The first-order valence-corrected chi connectivity index (χ1v) is 13.1. The highest BCUT2D eigenvalue weighted by Crippen LogP contribution is 2.27. The summed E-state index contributed by atoms with van der Waals surface area (Å²) in [4.78, 5) is 15.3. The van der Waals surface area contributed by atoms with Crippen molar-refractivity contribution in [1.29, 1.82) is 0 Å². The zero-order chi connectivity index (χ0) is 24.4. The van der Waals surface area contributed by atoms with Crippen LogP contribution in [0.15, 0.2) is 94.7 Å². The van der Waals surface area contributed by atoms with Gasteiger partial charge in [-0.25, -0.2) is 8.42 Å². The molecule has 0 radical (unpaired) electrons. The van der Waals surface area contributed by atoms with Gasteiger partial charge in [-0.05, 0) is 83.8 Å². The smallest absolute Gasteiger partial charge is 0.251 e. The SMILES string of the molecule is O=C(NCc1ccc(S(=O)(=O)c2cccc(N3CCCC3)c2)cc1)c1ccc2ccc(O)cc2c1. The molecule has 0 aliphatic carbocycles.